The summed E-state index contributed by atoms with van der Waals surface area (Å²) in [6, 6.07) is 14.2. The number of aromatic amines is 1. The summed E-state index contributed by atoms with van der Waals surface area (Å²) in [4.78, 5) is 11.4. The fourth-order valence-electron chi connectivity index (χ4n) is 2.80. The molecule has 0 aliphatic carbocycles. The number of nitrogens with two attached hydrogens (primary N) is 1. The summed E-state index contributed by atoms with van der Waals surface area (Å²) in [5.41, 5.74) is 8.00. The molecule has 3 heterocycles. The van der Waals surface area contributed by atoms with Gasteiger partial charge >= 0.3 is 0 Å². The maximum atomic E-state index is 5.91. The van der Waals surface area contributed by atoms with Gasteiger partial charge in [0.1, 0.15) is 11.6 Å². The molecule has 0 atom stereocenters. The molecule has 0 saturated carbocycles. The summed E-state index contributed by atoms with van der Waals surface area (Å²) in [5.74, 6) is 2.94. The Labute approximate surface area is 152 Å². The molecule has 26 heavy (non-hydrogen) atoms. The average Bonchev–Trinajstić information content (AvgIpc) is 3.03. The Bertz CT molecular complexity index is 911. The molecule has 0 radical (unpaired) electrons. The fraction of sp³-hybridized carbons (Fsp3) is 0.211. The van der Waals surface area contributed by atoms with Gasteiger partial charge in [0.05, 0.1) is 0 Å². The van der Waals surface area contributed by atoms with E-state index in [2.05, 4.69) is 30.4 Å². The zero-order valence-electron chi connectivity index (χ0n) is 14.6. The van der Waals surface area contributed by atoms with Crippen molar-refractivity contribution < 1.29 is 0 Å². The van der Waals surface area contributed by atoms with E-state index in [1.54, 1.807) is 0 Å². The first-order valence-corrected chi connectivity index (χ1v) is 8.57. The first-order chi connectivity index (χ1) is 12.7. The number of nitrogens with one attached hydrogen (secondary N) is 2. The van der Waals surface area contributed by atoms with Crippen molar-refractivity contribution in [1.29, 1.82) is 0 Å². The van der Waals surface area contributed by atoms with Crippen LogP contribution in [0.3, 0.4) is 0 Å². The number of hydrogen-bond acceptors (Lipinski definition) is 6. The van der Waals surface area contributed by atoms with Gasteiger partial charge in [0.2, 0.25) is 0 Å². The van der Waals surface area contributed by atoms with Gasteiger partial charge < -0.3 is 16.0 Å². The van der Waals surface area contributed by atoms with Crippen LogP contribution in [0.1, 0.15) is 17.1 Å². The third kappa shape index (κ3) is 3.73. The van der Waals surface area contributed by atoms with E-state index in [1.165, 1.54) is 0 Å². The number of aromatic nitrogens is 4. The van der Waals surface area contributed by atoms with Crippen LogP contribution in [0.5, 0.6) is 0 Å². The minimum atomic E-state index is 0.207. The van der Waals surface area contributed by atoms with Crippen LogP contribution < -0.4 is 16.0 Å². The molecule has 1 saturated heterocycles. The molecule has 0 unspecified atom stereocenters. The third-order valence-corrected chi connectivity index (χ3v) is 4.15. The summed E-state index contributed by atoms with van der Waals surface area (Å²) in [7, 11) is 0. The monoisotopic (exact) mass is 347 g/mol. The Morgan fingerprint density at radius 2 is 1.92 bits per heavy atom. The molecular formula is C19H21N7. The molecule has 2 aromatic heterocycles. The Hall–Kier alpha value is -3.19. The highest BCUT2D eigenvalue weighted by atomic mass is 15.3. The number of nitrogens with zero attached hydrogens (tertiary/aromatic N) is 4. The average molecular weight is 347 g/mol. The smallest absolute Gasteiger partial charge is 0.156 e. The molecule has 0 spiro atoms. The lowest BCUT2D eigenvalue weighted by atomic mass is 10.1. The Morgan fingerprint density at radius 3 is 2.62 bits per heavy atom. The zero-order valence-corrected chi connectivity index (χ0v) is 14.6. The van der Waals surface area contributed by atoms with Gasteiger partial charge in [-0.3, -0.25) is 5.10 Å². The zero-order chi connectivity index (χ0) is 17.9. The standard InChI is InChI=1S/C19H21N7/c1-13-9-18(25-24-13)22-17-10-19(26-11-15(20)12-26)23-16(21-17)8-7-14-5-3-2-4-6-14/h2-10,15H,11-12,20H2,1H3,(H2,21,22,23,24,25). The Kier molecular flexibility index (Phi) is 4.37. The molecule has 0 bridgehead atoms. The molecule has 1 aliphatic rings. The second kappa shape index (κ2) is 6.97. The summed E-state index contributed by atoms with van der Waals surface area (Å²) in [6.45, 7) is 3.57. The largest absolute Gasteiger partial charge is 0.353 e. The maximum Gasteiger partial charge on any atom is 0.156 e. The van der Waals surface area contributed by atoms with Crippen LogP contribution in [-0.2, 0) is 0 Å². The number of H-pyrrole nitrogens is 1. The van der Waals surface area contributed by atoms with E-state index in [0.29, 0.717) is 11.6 Å². The van der Waals surface area contributed by atoms with Crippen molar-refractivity contribution in [1.82, 2.24) is 20.2 Å². The fourth-order valence-corrected chi connectivity index (χ4v) is 2.80. The van der Waals surface area contributed by atoms with Crippen molar-refractivity contribution in [3.63, 3.8) is 0 Å². The van der Waals surface area contributed by atoms with Crippen molar-refractivity contribution >= 4 is 29.6 Å². The van der Waals surface area contributed by atoms with Crippen molar-refractivity contribution in [2.75, 3.05) is 23.3 Å². The van der Waals surface area contributed by atoms with Crippen LogP contribution in [0.2, 0.25) is 0 Å². The Morgan fingerprint density at radius 1 is 1.12 bits per heavy atom. The van der Waals surface area contributed by atoms with Crippen LogP contribution in [0.15, 0.2) is 42.5 Å². The molecule has 132 valence electrons. The Balaban J connectivity index is 1.62. The lowest BCUT2D eigenvalue weighted by Gasteiger charge is -2.37. The molecule has 7 nitrogen and oxygen atoms in total. The van der Waals surface area contributed by atoms with Gasteiger partial charge in [-0.1, -0.05) is 36.4 Å². The van der Waals surface area contributed by atoms with E-state index in [9.17, 15) is 0 Å². The van der Waals surface area contributed by atoms with Crippen molar-refractivity contribution in [3.8, 4) is 0 Å². The molecule has 3 aromatic rings. The van der Waals surface area contributed by atoms with Gasteiger partial charge in [0.15, 0.2) is 11.6 Å². The molecule has 1 fully saturated rings. The number of anilines is 3. The van der Waals surface area contributed by atoms with Crippen molar-refractivity contribution in [2.24, 2.45) is 5.73 Å². The molecular weight excluding hydrogens is 326 g/mol. The van der Waals surface area contributed by atoms with Gasteiger partial charge in [-0.05, 0) is 18.6 Å². The van der Waals surface area contributed by atoms with Crippen LogP contribution in [0.25, 0.3) is 12.2 Å². The topological polar surface area (TPSA) is 95.8 Å². The summed E-state index contributed by atoms with van der Waals surface area (Å²) < 4.78 is 0. The number of rotatable bonds is 5. The highest BCUT2D eigenvalue weighted by Gasteiger charge is 2.25. The van der Waals surface area contributed by atoms with Gasteiger partial charge in [-0.15, -0.1) is 0 Å². The molecule has 4 rings (SSSR count). The quantitative estimate of drug-likeness (QED) is 0.656. The van der Waals surface area contributed by atoms with Crippen molar-refractivity contribution in [2.45, 2.75) is 13.0 Å². The van der Waals surface area contributed by atoms with E-state index in [0.717, 1.165) is 36.0 Å². The van der Waals surface area contributed by atoms with E-state index in [1.807, 2.05) is 61.5 Å². The normalized spacial score (nSPS) is 14.6. The molecule has 1 aliphatic heterocycles. The second-order valence-corrected chi connectivity index (χ2v) is 6.44. The molecule has 1 aromatic carbocycles. The first-order valence-electron chi connectivity index (χ1n) is 8.57. The molecule has 4 N–H and O–H groups in total. The van der Waals surface area contributed by atoms with Gasteiger partial charge in [-0.2, -0.15) is 5.10 Å². The van der Waals surface area contributed by atoms with E-state index in [-0.39, 0.29) is 6.04 Å². The summed E-state index contributed by atoms with van der Waals surface area (Å²) >= 11 is 0. The first kappa shape index (κ1) is 16.3. The number of benzene rings is 1. The maximum absolute atomic E-state index is 5.91. The predicted molar refractivity (Wildman–Crippen MR) is 104 cm³/mol. The predicted octanol–water partition coefficient (Wildman–Crippen LogP) is 2.57. The van der Waals surface area contributed by atoms with Gasteiger partial charge in [0, 0.05) is 37.0 Å². The van der Waals surface area contributed by atoms with Crippen LogP contribution >= 0.6 is 0 Å². The van der Waals surface area contributed by atoms with Gasteiger partial charge in [0.25, 0.3) is 0 Å². The van der Waals surface area contributed by atoms with Crippen LogP contribution in [0, 0.1) is 6.92 Å². The van der Waals surface area contributed by atoms with Crippen molar-refractivity contribution in [3.05, 3.63) is 59.5 Å². The highest BCUT2D eigenvalue weighted by Crippen LogP contribution is 2.23. The summed E-state index contributed by atoms with van der Waals surface area (Å²) in [5, 5.41) is 10.4. The molecule has 7 heteroatoms. The minimum absolute atomic E-state index is 0.207. The van der Waals surface area contributed by atoms with E-state index < -0.39 is 0 Å². The van der Waals surface area contributed by atoms with E-state index >= 15 is 0 Å². The number of hydrogen-bond donors (Lipinski definition) is 3. The van der Waals surface area contributed by atoms with Gasteiger partial charge in [-0.25, -0.2) is 9.97 Å². The third-order valence-electron chi connectivity index (χ3n) is 4.15. The summed E-state index contributed by atoms with van der Waals surface area (Å²) in [6.07, 6.45) is 3.92. The minimum Gasteiger partial charge on any atom is -0.353 e. The molecule has 0 amide bonds. The SMILES string of the molecule is Cc1cc(Nc2cc(N3CC(N)C3)nc(C=Cc3ccccc3)n2)n[nH]1. The highest BCUT2D eigenvalue weighted by molar-refractivity contribution is 5.69. The van der Waals surface area contributed by atoms with E-state index in [4.69, 9.17) is 5.73 Å². The number of aryl methyl sites for hydroxylation is 1. The lowest BCUT2D eigenvalue weighted by molar-refractivity contribution is 0.514. The second-order valence-electron chi connectivity index (χ2n) is 6.44. The van der Waals surface area contributed by atoms with Crippen LogP contribution in [0.4, 0.5) is 17.5 Å². The lowest BCUT2D eigenvalue weighted by Crippen LogP contribution is -2.56. The van der Waals surface area contributed by atoms with Crippen LogP contribution in [-0.4, -0.2) is 39.3 Å².